The number of carbonyl (C=O) groups is 2. The fourth-order valence-electron chi connectivity index (χ4n) is 0.852. The molecule has 1 saturated carbocycles. The molecule has 0 spiro atoms. The van der Waals surface area contributed by atoms with Crippen molar-refractivity contribution in [2.24, 2.45) is 5.73 Å². The molecule has 1 aliphatic rings. The first kappa shape index (κ1) is 8.74. The lowest BCUT2D eigenvalue weighted by atomic mass is 9.98. The summed E-state index contributed by atoms with van der Waals surface area (Å²) >= 11 is 1.62. The van der Waals surface area contributed by atoms with Crippen molar-refractivity contribution < 1.29 is 9.59 Å². The maximum absolute atomic E-state index is 10.5. The van der Waals surface area contributed by atoms with Gasteiger partial charge < -0.3 is 10.5 Å². The fourth-order valence-corrected chi connectivity index (χ4v) is 2.03. The van der Waals surface area contributed by atoms with Gasteiger partial charge in [0.15, 0.2) is 0 Å². The molecule has 1 atom stereocenters. The fraction of sp³-hybridized carbons (Fsp3) is 0.714. The van der Waals surface area contributed by atoms with E-state index in [4.69, 9.17) is 5.73 Å². The first-order chi connectivity index (χ1) is 5.22. The minimum atomic E-state index is -0.365. The highest BCUT2D eigenvalue weighted by Gasteiger charge is 2.26. The lowest BCUT2D eigenvalue weighted by Crippen LogP contribution is -2.30. The van der Waals surface area contributed by atoms with Gasteiger partial charge in [-0.25, -0.2) is 0 Å². The molecular formula is C7H11NO2S. The van der Waals surface area contributed by atoms with Crippen molar-refractivity contribution in [2.75, 3.05) is 5.75 Å². The lowest BCUT2D eigenvalue weighted by molar-refractivity contribution is -0.123. The van der Waals surface area contributed by atoms with Crippen LogP contribution in [0.4, 0.5) is 0 Å². The van der Waals surface area contributed by atoms with Crippen LogP contribution in [-0.4, -0.2) is 29.1 Å². The maximum Gasteiger partial charge on any atom is 0.137 e. The number of rotatable bonds is 4. The number of thioether (sulfide) groups is 1. The highest BCUT2D eigenvalue weighted by Crippen LogP contribution is 2.28. The van der Waals surface area contributed by atoms with Crippen LogP contribution in [0, 0.1) is 0 Å². The van der Waals surface area contributed by atoms with Crippen molar-refractivity contribution in [1.29, 1.82) is 0 Å². The molecular weight excluding hydrogens is 162 g/mol. The van der Waals surface area contributed by atoms with Crippen molar-refractivity contribution in [3.63, 3.8) is 0 Å². The Labute approximate surface area is 69.7 Å². The third-order valence-corrected chi connectivity index (χ3v) is 2.99. The third kappa shape index (κ3) is 2.63. The number of nitrogens with two attached hydrogens (primary N) is 1. The average Bonchev–Trinajstić information content (AvgIpc) is 1.95. The topological polar surface area (TPSA) is 60.2 Å². The summed E-state index contributed by atoms with van der Waals surface area (Å²) in [5.41, 5.74) is 5.36. The summed E-state index contributed by atoms with van der Waals surface area (Å²) in [6.45, 7) is 0. The van der Waals surface area contributed by atoms with E-state index in [1.54, 1.807) is 11.8 Å². The van der Waals surface area contributed by atoms with Crippen molar-refractivity contribution in [1.82, 2.24) is 0 Å². The highest BCUT2D eigenvalue weighted by atomic mass is 32.2. The minimum Gasteiger partial charge on any atom is -0.321 e. The van der Waals surface area contributed by atoms with E-state index in [0.29, 0.717) is 29.6 Å². The van der Waals surface area contributed by atoms with Gasteiger partial charge >= 0.3 is 0 Å². The molecule has 0 bridgehead atoms. The van der Waals surface area contributed by atoms with Crippen LogP contribution in [0.5, 0.6) is 0 Å². The van der Waals surface area contributed by atoms with E-state index in [1.165, 1.54) is 0 Å². The van der Waals surface area contributed by atoms with Crippen molar-refractivity contribution in [3.05, 3.63) is 0 Å². The number of carbonyl (C=O) groups excluding carboxylic acids is 2. The van der Waals surface area contributed by atoms with Gasteiger partial charge in [-0.3, -0.25) is 4.79 Å². The Kier molecular flexibility index (Phi) is 3.08. The molecule has 1 aliphatic carbocycles. The Morgan fingerprint density at radius 2 is 2.36 bits per heavy atom. The maximum atomic E-state index is 10.5. The van der Waals surface area contributed by atoms with Crippen LogP contribution in [0.3, 0.4) is 0 Å². The molecule has 0 unspecified atom stereocenters. The van der Waals surface area contributed by atoms with Crippen LogP contribution >= 0.6 is 11.8 Å². The Morgan fingerprint density at radius 1 is 1.73 bits per heavy atom. The molecule has 0 radical (unpaired) electrons. The van der Waals surface area contributed by atoms with E-state index < -0.39 is 0 Å². The summed E-state index contributed by atoms with van der Waals surface area (Å²) in [7, 11) is 0. The first-order valence-corrected chi connectivity index (χ1v) is 4.61. The molecule has 1 rings (SSSR count). The number of aldehydes is 1. The summed E-state index contributed by atoms with van der Waals surface area (Å²) < 4.78 is 0. The van der Waals surface area contributed by atoms with Crippen molar-refractivity contribution >= 4 is 23.8 Å². The summed E-state index contributed by atoms with van der Waals surface area (Å²) in [4.78, 5) is 20.6. The molecule has 11 heavy (non-hydrogen) atoms. The zero-order chi connectivity index (χ0) is 8.27. The van der Waals surface area contributed by atoms with Crippen LogP contribution in [0.1, 0.15) is 12.8 Å². The van der Waals surface area contributed by atoms with Crippen LogP contribution in [0.2, 0.25) is 0 Å². The van der Waals surface area contributed by atoms with Gasteiger partial charge in [-0.05, 0) is 0 Å². The second kappa shape index (κ2) is 3.88. The molecule has 0 aromatic rings. The molecule has 2 N–H and O–H groups in total. The Bertz CT molecular complexity index is 164. The van der Waals surface area contributed by atoms with Gasteiger partial charge in [0, 0.05) is 23.8 Å². The van der Waals surface area contributed by atoms with Gasteiger partial charge in [-0.2, -0.15) is 11.8 Å². The second-order valence-corrected chi connectivity index (χ2v) is 4.04. The molecule has 0 aromatic carbocycles. The van der Waals surface area contributed by atoms with E-state index in [0.717, 1.165) is 6.29 Å². The summed E-state index contributed by atoms with van der Waals surface area (Å²) in [6.07, 6.45) is 2.07. The largest absolute Gasteiger partial charge is 0.321 e. The molecule has 4 heteroatoms. The van der Waals surface area contributed by atoms with Gasteiger partial charge in [0.25, 0.3) is 0 Å². The highest BCUT2D eigenvalue weighted by molar-refractivity contribution is 8.00. The standard InChI is InChI=1S/C7H11NO2S/c8-5(3-9)4-11-7-1-6(10)2-7/h3,5,7H,1-2,4,8H2/t5-/m1/s1. The molecule has 0 aliphatic heterocycles. The van der Waals surface area contributed by atoms with Crippen LogP contribution in [-0.2, 0) is 9.59 Å². The van der Waals surface area contributed by atoms with Gasteiger partial charge in [0.2, 0.25) is 0 Å². The molecule has 0 saturated heterocycles. The van der Waals surface area contributed by atoms with E-state index in [1.807, 2.05) is 0 Å². The molecule has 0 heterocycles. The Morgan fingerprint density at radius 3 is 2.82 bits per heavy atom. The average molecular weight is 173 g/mol. The van der Waals surface area contributed by atoms with Crippen LogP contribution in [0.25, 0.3) is 0 Å². The Balaban J connectivity index is 2.04. The number of ketones is 1. The van der Waals surface area contributed by atoms with Crippen molar-refractivity contribution in [3.8, 4) is 0 Å². The van der Waals surface area contributed by atoms with Gasteiger partial charge in [-0.15, -0.1) is 0 Å². The number of hydrogen-bond acceptors (Lipinski definition) is 4. The number of hydrogen-bond donors (Lipinski definition) is 1. The molecule has 3 nitrogen and oxygen atoms in total. The monoisotopic (exact) mass is 173 g/mol. The van der Waals surface area contributed by atoms with Crippen LogP contribution in [0.15, 0.2) is 0 Å². The van der Waals surface area contributed by atoms with E-state index in [9.17, 15) is 9.59 Å². The van der Waals surface area contributed by atoms with Gasteiger partial charge in [0.05, 0.1) is 6.04 Å². The summed E-state index contributed by atoms with van der Waals surface area (Å²) in [6, 6.07) is -0.365. The zero-order valence-electron chi connectivity index (χ0n) is 6.16. The smallest absolute Gasteiger partial charge is 0.137 e. The molecule has 62 valence electrons. The van der Waals surface area contributed by atoms with Crippen LogP contribution < -0.4 is 5.73 Å². The van der Waals surface area contributed by atoms with Gasteiger partial charge in [-0.1, -0.05) is 0 Å². The molecule has 0 aromatic heterocycles. The predicted octanol–water partition coefficient (Wildman–Crippen LogP) is -0.0227. The lowest BCUT2D eigenvalue weighted by Gasteiger charge is -2.23. The third-order valence-electron chi connectivity index (χ3n) is 1.61. The zero-order valence-corrected chi connectivity index (χ0v) is 6.97. The Hall–Kier alpha value is -0.350. The minimum absolute atomic E-state index is 0.321. The second-order valence-electron chi connectivity index (χ2n) is 2.70. The van der Waals surface area contributed by atoms with E-state index in [2.05, 4.69) is 0 Å². The molecule has 0 amide bonds. The first-order valence-electron chi connectivity index (χ1n) is 3.56. The van der Waals surface area contributed by atoms with Crippen molar-refractivity contribution in [2.45, 2.75) is 24.1 Å². The normalized spacial score (nSPS) is 21.0. The predicted molar refractivity (Wildman–Crippen MR) is 44.5 cm³/mol. The quantitative estimate of drug-likeness (QED) is 0.607. The van der Waals surface area contributed by atoms with E-state index in [-0.39, 0.29) is 6.04 Å². The van der Waals surface area contributed by atoms with Gasteiger partial charge in [0.1, 0.15) is 12.1 Å². The van der Waals surface area contributed by atoms with E-state index >= 15 is 0 Å². The number of Topliss-reactive ketones (excluding diaryl/α,β-unsaturated/α-hetero) is 1. The summed E-state index contributed by atoms with van der Waals surface area (Å²) in [5, 5.41) is 0.425. The SMILES string of the molecule is N[C@H](C=O)CSC1CC(=O)C1. The molecule has 1 fully saturated rings. The summed E-state index contributed by atoms with van der Waals surface area (Å²) in [5.74, 6) is 0.962.